The smallest absolute Gasteiger partial charge is 0.332 e. The number of benzene rings is 2. The van der Waals surface area contributed by atoms with Gasteiger partial charge in [0.25, 0.3) is 5.56 Å². The van der Waals surface area contributed by atoms with E-state index in [1.54, 1.807) is 17.9 Å². The van der Waals surface area contributed by atoms with Crippen molar-refractivity contribution in [1.82, 2.24) is 18.7 Å². The number of nitrogens with one attached hydrogen (secondary N) is 1. The number of nitrogens with zero attached hydrogens (tertiary/aromatic N) is 4. The van der Waals surface area contributed by atoms with Crippen LogP contribution in [-0.4, -0.2) is 25.2 Å². The van der Waals surface area contributed by atoms with Crippen LogP contribution in [0.1, 0.15) is 5.56 Å². The number of ether oxygens (including phenoxy) is 1. The minimum absolute atomic E-state index is 0.342. The molecule has 2 aromatic heterocycles. The molecule has 2 aromatic carbocycles. The van der Waals surface area contributed by atoms with E-state index in [0.717, 1.165) is 21.6 Å². The van der Waals surface area contributed by atoms with Crippen LogP contribution in [0.25, 0.3) is 11.2 Å². The quantitative estimate of drug-likeness (QED) is 0.509. The van der Waals surface area contributed by atoms with Gasteiger partial charge in [-0.25, -0.2) is 9.78 Å². The Morgan fingerprint density at radius 1 is 0.967 bits per heavy atom. The number of imidazole rings is 1. The van der Waals surface area contributed by atoms with Crippen LogP contribution >= 0.6 is 0 Å². The minimum atomic E-state index is -0.384. The number of aromatic nitrogens is 4. The number of hydrogen-bond donors (Lipinski definition) is 1. The molecule has 0 fully saturated rings. The summed E-state index contributed by atoms with van der Waals surface area (Å²) in [5, 5.41) is 3.33. The lowest BCUT2D eigenvalue weighted by molar-refractivity contribution is 0.306. The van der Waals surface area contributed by atoms with E-state index in [2.05, 4.69) is 10.3 Å². The second-order valence-electron chi connectivity index (χ2n) is 7.04. The van der Waals surface area contributed by atoms with Crippen LogP contribution in [-0.2, 0) is 27.2 Å². The van der Waals surface area contributed by atoms with Crippen molar-refractivity contribution in [2.45, 2.75) is 13.2 Å². The van der Waals surface area contributed by atoms with Gasteiger partial charge in [-0.05, 0) is 29.8 Å². The Kier molecular flexibility index (Phi) is 5.38. The summed E-state index contributed by atoms with van der Waals surface area (Å²) in [4.78, 5) is 28.7. The third-order valence-corrected chi connectivity index (χ3v) is 5.00. The molecule has 30 heavy (non-hydrogen) atoms. The van der Waals surface area contributed by atoms with Crippen LogP contribution in [0.2, 0.25) is 0 Å². The van der Waals surface area contributed by atoms with E-state index < -0.39 is 0 Å². The molecule has 0 radical (unpaired) electrons. The molecule has 0 saturated carbocycles. The molecule has 154 valence electrons. The van der Waals surface area contributed by atoms with Crippen molar-refractivity contribution in [3.05, 3.63) is 87.3 Å². The van der Waals surface area contributed by atoms with E-state index in [4.69, 9.17) is 4.74 Å². The number of aryl methyl sites for hydroxylation is 1. The minimum Gasteiger partial charge on any atom is -0.489 e. The molecular formula is C22H23N5O3. The maximum absolute atomic E-state index is 12.5. The van der Waals surface area contributed by atoms with Gasteiger partial charge in [-0.3, -0.25) is 13.9 Å². The number of anilines is 1. The SMILES string of the molecule is Cn1c(=O)c2c(ncn2CCNc2ccc(OCc3ccccc3)cc2)n(C)c1=O. The zero-order chi connectivity index (χ0) is 21.1. The summed E-state index contributed by atoms with van der Waals surface area (Å²) in [5.74, 6) is 0.800. The van der Waals surface area contributed by atoms with Crippen LogP contribution in [0, 0.1) is 0 Å². The standard InChI is InChI=1S/C22H23N5O3/c1-25-20-19(21(28)26(2)22(25)29)27(15-24-20)13-12-23-17-8-10-18(11-9-17)30-14-16-6-4-3-5-7-16/h3-11,15,23H,12-14H2,1-2H3. The van der Waals surface area contributed by atoms with Crippen LogP contribution in [0.15, 0.2) is 70.5 Å². The lowest BCUT2D eigenvalue weighted by Gasteiger charge is -2.10. The molecule has 8 nitrogen and oxygen atoms in total. The van der Waals surface area contributed by atoms with Crippen LogP contribution in [0.4, 0.5) is 5.69 Å². The first-order chi connectivity index (χ1) is 14.5. The summed E-state index contributed by atoms with van der Waals surface area (Å²) < 4.78 is 10.0. The second-order valence-corrected chi connectivity index (χ2v) is 7.04. The second kappa shape index (κ2) is 8.28. The van der Waals surface area contributed by atoms with E-state index in [9.17, 15) is 9.59 Å². The summed E-state index contributed by atoms with van der Waals surface area (Å²) in [6.45, 7) is 1.66. The molecule has 0 atom stereocenters. The fourth-order valence-corrected chi connectivity index (χ4v) is 3.30. The Morgan fingerprint density at radius 2 is 1.70 bits per heavy atom. The van der Waals surface area contributed by atoms with Gasteiger partial charge in [-0.2, -0.15) is 0 Å². The van der Waals surface area contributed by atoms with Gasteiger partial charge in [0.1, 0.15) is 12.4 Å². The molecule has 0 aliphatic heterocycles. The summed E-state index contributed by atoms with van der Waals surface area (Å²) >= 11 is 0. The van der Waals surface area contributed by atoms with E-state index in [1.165, 1.54) is 11.6 Å². The topological polar surface area (TPSA) is 83.1 Å². The third-order valence-electron chi connectivity index (χ3n) is 5.00. The fraction of sp³-hybridized carbons (Fsp3) is 0.227. The molecule has 1 N–H and O–H groups in total. The molecule has 0 aliphatic carbocycles. The lowest BCUT2D eigenvalue weighted by Crippen LogP contribution is -2.37. The molecule has 4 aromatic rings. The van der Waals surface area contributed by atoms with Gasteiger partial charge in [-0.1, -0.05) is 30.3 Å². The highest BCUT2D eigenvalue weighted by atomic mass is 16.5. The van der Waals surface area contributed by atoms with Crippen molar-refractivity contribution in [2.24, 2.45) is 14.1 Å². The molecule has 0 unspecified atom stereocenters. The van der Waals surface area contributed by atoms with Gasteiger partial charge in [-0.15, -0.1) is 0 Å². The lowest BCUT2D eigenvalue weighted by atomic mass is 10.2. The third kappa shape index (κ3) is 3.84. The first kappa shape index (κ1) is 19.5. The molecule has 2 heterocycles. The first-order valence-corrected chi connectivity index (χ1v) is 9.66. The van der Waals surface area contributed by atoms with Gasteiger partial charge in [0.2, 0.25) is 0 Å². The number of hydrogen-bond acceptors (Lipinski definition) is 5. The van der Waals surface area contributed by atoms with Gasteiger partial charge in [0, 0.05) is 32.9 Å². The number of fused-ring (bicyclic) bond motifs is 1. The summed E-state index contributed by atoms with van der Waals surface area (Å²) in [7, 11) is 3.09. The summed E-state index contributed by atoms with van der Waals surface area (Å²) in [6, 6.07) is 17.8. The predicted molar refractivity (Wildman–Crippen MR) is 116 cm³/mol. The molecule has 4 rings (SSSR count). The number of rotatable bonds is 7. The van der Waals surface area contributed by atoms with Crippen LogP contribution in [0.5, 0.6) is 5.75 Å². The van der Waals surface area contributed by atoms with Crippen molar-refractivity contribution >= 4 is 16.9 Å². The highest BCUT2D eigenvalue weighted by Crippen LogP contribution is 2.17. The maximum atomic E-state index is 12.5. The largest absolute Gasteiger partial charge is 0.489 e. The Balaban J connectivity index is 1.38. The Morgan fingerprint density at radius 3 is 2.43 bits per heavy atom. The van der Waals surface area contributed by atoms with E-state index in [-0.39, 0.29) is 11.2 Å². The highest BCUT2D eigenvalue weighted by Gasteiger charge is 2.13. The zero-order valence-electron chi connectivity index (χ0n) is 16.9. The molecule has 0 spiro atoms. The van der Waals surface area contributed by atoms with Crippen molar-refractivity contribution in [3.8, 4) is 5.75 Å². The average Bonchev–Trinajstić information content (AvgIpc) is 3.20. The van der Waals surface area contributed by atoms with Gasteiger partial charge >= 0.3 is 5.69 Å². The molecule has 0 saturated heterocycles. The highest BCUT2D eigenvalue weighted by molar-refractivity contribution is 5.69. The normalized spacial score (nSPS) is 11.0. The molecule has 8 heteroatoms. The molecule has 0 bridgehead atoms. The predicted octanol–water partition coefficient (Wildman–Crippen LogP) is 2.12. The van der Waals surface area contributed by atoms with E-state index >= 15 is 0 Å². The molecule has 0 aliphatic rings. The van der Waals surface area contributed by atoms with Gasteiger partial charge < -0.3 is 14.6 Å². The maximum Gasteiger partial charge on any atom is 0.332 e. The van der Waals surface area contributed by atoms with Crippen molar-refractivity contribution in [1.29, 1.82) is 0 Å². The molecular weight excluding hydrogens is 382 g/mol. The van der Waals surface area contributed by atoms with Crippen LogP contribution in [0.3, 0.4) is 0 Å². The Labute approximate surface area is 173 Å². The monoisotopic (exact) mass is 405 g/mol. The van der Waals surface area contributed by atoms with Crippen molar-refractivity contribution in [2.75, 3.05) is 11.9 Å². The first-order valence-electron chi connectivity index (χ1n) is 9.66. The molecule has 0 amide bonds. The Bertz CT molecular complexity index is 1270. The van der Waals surface area contributed by atoms with Crippen molar-refractivity contribution in [3.63, 3.8) is 0 Å². The fourth-order valence-electron chi connectivity index (χ4n) is 3.30. The summed E-state index contributed by atoms with van der Waals surface area (Å²) in [5.41, 5.74) is 2.16. The van der Waals surface area contributed by atoms with E-state index in [1.807, 2.05) is 54.6 Å². The zero-order valence-corrected chi connectivity index (χ0v) is 16.9. The van der Waals surface area contributed by atoms with Gasteiger partial charge in [0.05, 0.1) is 6.33 Å². The van der Waals surface area contributed by atoms with Crippen LogP contribution < -0.4 is 21.3 Å². The average molecular weight is 405 g/mol. The van der Waals surface area contributed by atoms with Gasteiger partial charge in [0.15, 0.2) is 11.2 Å². The van der Waals surface area contributed by atoms with Crippen molar-refractivity contribution < 1.29 is 4.74 Å². The Hall–Kier alpha value is -3.81. The van der Waals surface area contributed by atoms with E-state index in [0.29, 0.717) is 30.9 Å². The summed E-state index contributed by atoms with van der Waals surface area (Å²) in [6.07, 6.45) is 1.59.